The summed E-state index contributed by atoms with van der Waals surface area (Å²) in [5.74, 6) is -1.96. The van der Waals surface area contributed by atoms with E-state index in [1.807, 2.05) is 0 Å². The highest BCUT2D eigenvalue weighted by Gasteiger charge is 2.68. The zero-order valence-corrected chi connectivity index (χ0v) is 8.05. The van der Waals surface area contributed by atoms with Crippen molar-refractivity contribution in [3.8, 4) is 0 Å². The van der Waals surface area contributed by atoms with E-state index in [0.29, 0.717) is 0 Å². The van der Waals surface area contributed by atoms with Crippen LogP contribution in [0.25, 0.3) is 0 Å². The van der Waals surface area contributed by atoms with Crippen LogP contribution in [-0.2, 0) is 14.3 Å². The molecule has 0 N–H and O–H groups in total. The van der Waals surface area contributed by atoms with Crippen molar-refractivity contribution in [3.63, 3.8) is 0 Å². The predicted octanol–water partition coefficient (Wildman–Crippen LogP) is -0.0194. The van der Waals surface area contributed by atoms with E-state index in [1.54, 1.807) is 6.92 Å². The fraction of sp³-hybridized carbons (Fsp3) is 0.750. The maximum Gasteiger partial charge on any atom is 0.319 e. The lowest BCUT2D eigenvalue weighted by atomic mass is 9.84. The fourth-order valence-corrected chi connectivity index (χ4v) is 1.64. The number of ether oxygens (including phenoxy) is 1. The van der Waals surface area contributed by atoms with Crippen molar-refractivity contribution in [2.45, 2.75) is 19.8 Å². The summed E-state index contributed by atoms with van der Waals surface area (Å²) in [4.78, 5) is 22.4. The fourth-order valence-electron chi connectivity index (χ4n) is 1.64. The summed E-state index contributed by atoms with van der Waals surface area (Å²) in [7, 11) is 1.15. The van der Waals surface area contributed by atoms with Crippen LogP contribution in [0.2, 0.25) is 0 Å². The van der Waals surface area contributed by atoms with Gasteiger partial charge in [0.15, 0.2) is 7.85 Å². The molecule has 0 spiro atoms. The first-order valence-electron chi connectivity index (χ1n) is 4.43. The monoisotopic (exact) mass is 204 g/mol. The molecule has 0 aliphatic heterocycles. The molecule has 78 valence electrons. The Balaban J connectivity index is 2.78. The van der Waals surface area contributed by atoms with Crippen LogP contribution in [-0.4, -0.2) is 32.5 Å². The molecule has 0 heterocycles. The van der Waals surface area contributed by atoms with E-state index in [0.717, 1.165) is 7.85 Å². The molecule has 0 aromatic carbocycles. The summed E-state index contributed by atoms with van der Waals surface area (Å²) in [6.07, 6.45) is -2.72. The third kappa shape index (κ3) is 1.53. The largest absolute Gasteiger partial charge is 0.465 e. The van der Waals surface area contributed by atoms with Crippen molar-refractivity contribution in [3.05, 3.63) is 0 Å². The molecular weight excluding hydrogens is 193 g/mol. The van der Waals surface area contributed by atoms with Crippen LogP contribution in [0.15, 0.2) is 0 Å². The minimum absolute atomic E-state index is 0.0845. The lowest BCUT2D eigenvalue weighted by molar-refractivity contribution is -0.153. The zero-order chi connectivity index (χ0) is 10.9. The van der Waals surface area contributed by atoms with Crippen LogP contribution in [0.5, 0.6) is 0 Å². The van der Waals surface area contributed by atoms with Crippen molar-refractivity contribution in [1.29, 1.82) is 0 Å². The van der Waals surface area contributed by atoms with Gasteiger partial charge in [0, 0.05) is 5.92 Å². The topological polar surface area (TPSA) is 43.4 Å². The number of alkyl halides is 2. The highest BCUT2D eigenvalue weighted by molar-refractivity contribution is 6.61. The van der Waals surface area contributed by atoms with Crippen molar-refractivity contribution < 1.29 is 23.1 Å². The number of hydrogen-bond donors (Lipinski definition) is 0. The van der Waals surface area contributed by atoms with Gasteiger partial charge in [0.1, 0.15) is 11.1 Å². The molecule has 2 unspecified atom stereocenters. The Labute approximate surface area is 81.2 Å². The Bertz CT molecular complexity index is 269. The average molecular weight is 204 g/mol. The van der Waals surface area contributed by atoms with Gasteiger partial charge >= 0.3 is 5.97 Å². The number of carbonyl (C=O) groups excluding carboxylic acids is 2. The highest BCUT2D eigenvalue weighted by atomic mass is 19.3. The van der Waals surface area contributed by atoms with Crippen LogP contribution in [0.1, 0.15) is 13.3 Å². The van der Waals surface area contributed by atoms with Gasteiger partial charge in [-0.3, -0.25) is 4.79 Å². The second-order valence-electron chi connectivity index (χ2n) is 3.39. The molecule has 0 bridgehead atoms. The first-order chi connectivity index (χ1) is 6.46. The molecule has 14 heavy (non-hydrogen) atoms. The summed E-state index contributed by atoms with van der Waals surface area (Å²) in [6, 6.07) is 0. The van der Waals surface area contributed by atoms with Crippen molar-refractivity contribution >= 4 is 19.5 Å². The molecule has 0 radical (unpaired) electrons. The van der Waals surface area contributed by atoms with E-state index in [4.69, 9.17) is 0 Å². The first kappa shape index (κ1) is 11.1. The summed E-state index contributed by atoms with van der Waals surface area (Å²) in [5, 5.41) is 0. The van der Waals surface area contributed by atoms with E-state index < -0.39 is 29.4 Å². The van der Waals surface area contributed by atoms with Crippen LogP contribution in [0, 0.1) is 11.3 Å². The SMILES string of the molecule is BC(=O)C1(C(=O)OCC)CC1C(F)F. The molecule has 0 saturated heterocycles. The number of hydrogen-bond acceptors (Lipinski definition) is 3. The summed E-state index contributed by atoms with van der Waals surface area (Å²) < 4.78 is 29.2. The van der Waals surface area contributed by atoms with Gasteiger partial charge in [-0.05, 0) is 13.3 Å². The molecule has 0 aromatic rings. The molecular formula is C8H11BF2O3. The second-order valence-corrected chi connectivity index (χ2v) is 3.39. The highest BCUT2D eigenvalue weighted by Crippen LogP contribution is 2.56. The maximum absolute atomic E-state index is 12.3. The number of carbonyl (C=O) groups is 2. The van der Waals surface area contributed by atoms with Gasteiger partial charge in [0.2, 0.25) is 6.43 Å². The average Bonchev–Trinajstić information content (AvgIpc) is 2.79. The molecule has 1 rings (SSSR count). The van der Waals surface area contributed by atoms with Crippen LogP contribution in [0.3, 0.4) is 0 Å². The standard InChI is InChI=1S/C8H11BF2O3/c1-2-14-7(13)8(6(9)12)3-4(8)5(10)11/h4-5H,2-3,9H2,1H3. The molecule has 0 amide bonds. The molecule has 1 saturated carbocycles. The van der Waals surface area contributed by atoms with Gasteiger partial charge in [-0.1, -0.05) is 0 Å². The van der Waals surface area contributed by atoms with Gasteiger partial charge in [0.05, 0.1) is 6.61 Å². The number of halogens is 2. The Kier molecular flexibility index (Phi) is 2.92. The van der Waals surface area contributed by atoms with Gasteiger partial charge in [-0.15, -0.1) is 0 Å². The second kappa shape index (κ2) is 3.67. The van der Waals surface area contributed by atoms with E-state index >= 15 is 0 Å². The van der Waals surface area contributed by atoms with Crippen LogP contribution < -0.4 is 0 Å². The summed E-state index contributed by atoms with van der Waals surface area (Å²) in [6.45, 7) is 1.68. The Hall–Kier alpha value is -0.935. The first-order valence-corrected chi connectivity index (χ1v) is 4.43. The Morgan fingerprint density at radius 3 is 2.50 bits per heavy atom. The minimum Gasteiger partial charge on any atom is -0.465 e. The zero-order valence-electron chi connectivity index (χ0n) is 8.05. The minimum atomic E-state index is -2.64. The normalized spacial score (nSPS) is 30.1. The summed E-state index contributed by atoms with van der Waals surface area (Å²) in [5.41, 5.74) is -2.08. The molecule has 6 heteroatoms. The van der Waals surface area contributed by atoms with Crippen LogP contribution in [0.4, 0.5) is 8.78 Å². The Morgan fingerprint density at radius 1 is 1.64 bits per heavy atom. The molecule has 1 fully saturated rings. The smallest absolute Gasteiger partial charge is 0.319 e. The molecule has 1 aliphatic carbocycles. The van der Waals surface area contributed by atoms with Gasteiger partial charge in [0.25, 0.3) is 0 Å². The van der Waals surface area contributed by atoms with Crippen molar-refractivity contribution in [1.82, 2.24) is 0 Å². The molecule has 2 atom stereocenters. The third-order valence-corrected chi connectivity index (χ3v) is 2.59. The lowest BCUT2D eigenvalue weighted by Gasteiger charge is -2.12. The van der Waals surface area contributed by atoms with Crippen molar-refractivity contribution in [2.24, 2.45) is 11.3 Å². The van der Waals surface area contributed by atoms with E-state index in [2.05, 4.69) is 4.74 Å². The van der Waals surface area contributed by atoms with Gasteiger partial charge < -0.3 is 9.53 Å². The molecule has 1 aliphatic rings. The molecule has 3 nitrogen and oxygen atoms in total. The summed E-state index contributed by atoms with van der Waals surface area (Å²) >= 11 is 0. The van der Waals surface area contributed by atoms with E-state index in [1.165, 1.54) is 0 Å². The maximum atomic E-state index is 12.3. The number of rotatable bonds is 4. The van der Waals surface area contributed by atoms with E-state index in [-0.39, 0.29) is 13.0 Å². The lowest BCUT2D eigenvalue weighted by Crippen LogP contribution is -2.31. The van der Waals surface area contributed by atoms with Gasteiger partial charge in [-0.2, -0.15) is 0 Å². The van der Waals surface area contributed by atoms with Crippen molar-refractivity contribution in [2.75, 3.05) is 6.61 Å². The molecule has 0 aromatic heterocycles. The number of esters is 1. The quantitative estimate of drug-likeness (QED) is 0.367. The predicted molar refractivity (Wildman–Crippen MR) is 46.7 cm³/mol. The van der Waals surface area contributed by atoms with E-state index in [9.17, 15) is 18.4 Å². The van der Waals surface area contributed by atoms with Gasteiger partial charge in [-0.25, -0.2) is 8.78 Å². The third-order valence-electron chi connectivity index (χ3n) is 2.59. The Morgan fingerprint density at radius 2 is 2.21 bits per heavy atom. The van der Waals surface area contributed by atoms with Crippen LogP contribution >= 0.6 is 0 Å².